The summed E-state index contributed by atoms with van der Waals surface area (Å²) < 4.78 is 28.4. The number of hydrogen-bond acceptors (Lipinski definition) is 10. The van der Waals surface area contributed by atoms with E-state index in [1.807, 2.05) is 58.9 Å². The van der Waals surface area contributed by atoms with Gasteiger partial charge in [-0.1, -0.05) is 12.1 Å². The minimum atomic E-state index is -1.60. The van der Waals surface area contributed by atoms with Crippen molar-refractivity contribution in [3.05, 3.63) is 41.1 Å². The molecule has 11 heteroatoms. The van der Waals surface area contributed by atoms with E-state index in [1.165, 1.54) is 0 Å². The number of aromatic nitrogens is 2. The first-order valence-corrected chi connectivity index (χ1v) is 11.9. The van der Waals surface area contributed by atoms with E-state index in [9.17, 15) is 20.1 Å². The number of hydrogen-bond donors (Lipinski definition) is 3. The van der Waals surface area contributed by atoms with Gasteiger partial charge in [0.15, 0.2) is 0 Å². The summed E-state index contributed by atoms with van der Waals surface area (Å²) in [5.41, 5.74) is 2.64. The molecule has 200 valence electrons. The quantitative estimate of drug-likeness (QED) is 0.431. The molecule has 0 aliphatic carbocycles. The van der Waals surface area contributed by atoms with Gasteiger partial charge in [-0.2, -0.15) is 0 Å². The van der Waals surface area contributed by atoms with Crippen LogP contribution in [0.3, 0.4) is 0 Å². The van der Waals surface area contributed by atoms with E-state index in [4.69, 9.17) is 18.9 Å². The van der Waals surface area contributed by atoms with E-state index < -0.39 is 43.5 Å². The van der Waals surface area contributed by atoms with Crippen LogP contribution in [0.1, 0.15) is 50.6 Å². The van der Waals surface area contributed by atoms with Crippen molar-refractivity contribution >= 4 is 6.16 Å². The van der Waals surface area contributed by atoms with Crippen molar-refractivity contribution in [2.24, 2.45) is 0 Å². The van der Waals surface area contributed by atoms with Gasteiger partial charge in [0.1, 0.15) is 36.8 Å². The third-order valence-corrected chi connectivity index (χ3v) is 5.83. The van der Waals surface area contributed by atoms with E-state index in [0.717, 1.165) is 29.7 Å². The van der Waals surface area contributed by atoms with Crippen LogP contribution in [0.15, 0.2) is 24.3 Å². The zero-order chi connectivity index (χ0) is 26.6. The van der Waals surface area contributed by atoms with E-state index in [-0.39, 0.29) is 18.0 Å². The molecule has 0 amide bonds. The fourth-order valence-corrected chi connectivity index (χ4v) is 3.96. The summed E-state index contributed by atoms with van der Waals surface area (Å²) in [7, 11) is 1.14. The van der Waals surface area contributed by atoms with Gasteiger partial charge in [-0.15, -0.1) is 5.10 Å². The molecule has 1 aromatic heterocycles. The van der Waals surface area contributed by atoms with E-state index in [0.29, 0.717) is 6.42 Å². The zero-order valence-corrected chi connectivity index (χ0v) is 21.5. The number of carbonyl (C=O) groups is 1. The van der Waals surface area contributed by atoms with Crippen molar-refractivity contribution in [2.45, 2.75) is 83.9 Å². The highest BCUT2D eigenvalue weighted by Crippen LogP contribution is 2.31. The largest absolute Gasteiger partial charge is 0.508 e. The highest BCUT2D eigenvalue weighted by Gasteiger charge is 2.46. The molecule has 0 bridgehead atoms. The lowest BCUT2D eigenvalue weighted by Gasteiger charge is -2.39. The van der Waals surface area contributed by atoms with Crippen molar-refractivity contribution in [1.82, 2.24) is 9.78 Å². The Morgan fingerprint density at radius 3 is 2.33 bits per heavy atom. The topological polar surface area (TPSA) is 142 Å². The predicted molar refractivity (Wildman–Crippen MR) is 128 cm³/mol. The number of rotatable bonds is 9. The number of aliphatic hydroxyl groups is 3. The summed E-state index contributed by atoms with van der Waals surface area (Å²) in [5.74, 6) is 0.996. The highest BCUT2D eigenvalue weighted by atomic mass is 16.7. The molecular formula is C25H36N2O9. The second-order valence-corrected chi connectivity index (χ2v) is 9.29. The first-order valence-electron chi connectivity index (χ1n) is 11.9. The van der Waals surface area contributed by atoms with Crippen LogP contribution in [0.5, 0.6) is 11.6 Å². The Morgan fingerprint density at radius 1 is 1.08 bits per heavy atom. The van der Waals surface area contributed by atoms with Crippen molar-refractivity contribution in [3.8, 4) is 11.6 Å². The molecule has 3 rings (SSSR count). The van der Waals surface area contributed by atoms with E-state index >= 15 is 0 Å². The molecule has 5 atom stereocenters. The molecule has 11 nitrogen and oxygen atoms in total. The summed E-state index contributed by atoms with van der Waals surface area (Å²) in [6.07, 6.45) is -7.62. The van der Waals surface area contributed by atoms with Crippen LogP contribution >= 0.6 is 0 Å². The van der Waals surface area contributed by atoms with Crippen LogP contribution in [0, 0.1) is 6.92 Å². The summed E-state index contributed by atoms with van der Waals surface area (Å²) in [6, 6.07) is 7.75. The third kappa shape index (κ3) is 6.47. The van der Waals surface area contributed by atoms with Crippen molar-refractivity contribution in [2.75, 3.05) is 13.7 Å². The lowest BCUT2D eigenvalue weighted by Crippen LogP contribution is -2.60. The average molecular weight is 509 g/mol. The van der Waals surface area contributed by atoms with Gasteiger partial charge >= 0.3 is 6.16 Å². The Balaban J connectivity index is 1.84. The minimum Gasteiger partial charge on any atom is -0.491 e. The standard InChI is InChI=1S/C25H36N2O9/c1-13(2)27-15(5)18(11-16-7-9-17(10-8-16)34-14(3)4)23(26-27)36-24-22(30)21(29)20(28)19(35-24)12-33-25(31)32-6/h7-10,13-14,19-22,24,28-30H,11-12H2,1-6H3. The van der Waals surface area contributed by atoms with Crippen LogP contribution in [-0.4, -0.2) is 81.8 Å². The molecule has 0 saturated carbocycles. The van der Waals surface area contributed by atoms with Crippen LogP contribution in [0.4, 0.5) is 4.79 Å². The molecule has 1 aliphatic heterocycles. The zero-order valence-electron chi connectivity index (χ0n) is 21.5. The summed E-state index contributed by atoms with van der Waals surface area (Å²) in [4.78, 5) is 11.3. The number of aliphatic hydroxyl groups excluding tert-OH is 3. The van der Waals surface area contributed by atoms with Gasteiger partial charge in [0.2, 0.25) is 12.2 Å². The van der Waals surface area contributed by atoms with Crippen LogP contribution < -0.4 is 9.47 Å². The second-order valence-electron chi connectivity index (χ2n) is 9.29. The number of carbonyl (C=O) groups excluding carboxylic acids is 1. The Morgan fingerprint density at radius 2 is 1.75 bits per heavy atom. The van der Waals surface area contributed by atoms with Gasteiger partial charge in [0, 0.05) is 23.7 Å². The van der Waals surface area contributed by atoms with Gasteiger partial charge in [0.05, 0.1) is 13.2 Å². The summed E-state index contributed by atoms with van der Waals surface area (Å²) in [5, 5.41) is 35.7. The van der Waals surface area contributed by atoms with E-state index in [2.05, 4.69) is 9.84 Å². The smallest absolute Gasteiger partial charge is 0.491 e. The van der Waals surface area contributed by atoms with Crippen molar-refractivity contribution < 1.29 is 43.8 Å². The molecule has 5 unspecified atom stereocenters. The highest BCUT2D eigenvalue weighted by molar-refractivity contribution is 5.59. The SMILES string of the molecule is COC(=O)OCC1OC(Oc2nn(C(C)C)c(C)c2Cc2ccc(OC(C)C)cc2)C(O)C(O)C1O. The molecule has 1 fully saturated rings. The molecule has 1 aromatic carbocycles. The fraction of sp³-hybridized carbons (Fsp3) is 0.600. The fourth-order valence-electron chi connectivity index (χ4n) is 3.96. The molecule has 3 N–H and O–H groups in total. The maximum atomic E-state index is 11.3. The first kappa shape index (κ1) is 27.7. The molecule has 1 saturated heterocycles. The number of ether oxygens (including phenoxy) is 5. The Labute approximate surface area is 210 Å². The van der Waals surface area contributed by atoms with Crippen molar-refractivity contribution in [1.29, 1.82) is 0 Å². The van der Waals surface area contributed by atoms with Crippen LogP contribution in [0.2, 0.25) is 0 Å². The van der Waals surface area contributed by atoms with Gasteiger partial charge in [0.25, 0.3) is 0 Å². The summed E-state index contributed by atoms with van der Waals surface area (Å²) in [6.45, 7) is 9.41. The lowest BCUT2D eigenvalue weighted by molar-refractivity contribution is -0.278. The number of methoxy groups -OCH3 is 1. The van der Waals surface area contributed by atoms with Gasteiger partial charge in [-0.25, -0.2) is 4.79 Å². The maximum absolute atomic E-state index is 11.3. The third-order valence-electron chi connectivity index (χ3n) is 5.83. The molecule has 0 spiro atoms. The average Bonchev–Trinajstić information content (AvgIpc) is 3.14. The predicted octanol–water partition coefficient (Wildman–Crippen LogP) is 2.12. The molecular weight excluding hydrogens is 472 g/mol. The molecule has 0 radical (unpaired) electrons. The Bertz CT molecular complexity index is 1010. The second kappa shape index (κ2) is 11.9. The number of nitrogens with zero attached hydrogens (tertiary/aromatic N) is 2. The van der Waals surface area contributed by atoms with E-state index in [1.54, 1.807) is 4.68 Å². The monoisotopic (exact) mass is 508 g/mol. The van der Waals surface area contributed by atoms with Gasteiger partial charge in [-0.05, 0) is 52.3 Å². The first-order chi connectivity index (χ1) is 17.0. The van der Waals surface area contributed by atoms with Crippen LogP contribution in [0.25, 0.3) is 0 Å². The molecule has 2 aromatic rings. The molecule has 36 heavy (non-hydrogen) atoms. The molecule has 1 aliphatic rings. The Kier molecular flexibility index (Phi) is 9.18. The lowest BCUT2D eigenvalue weighted by atomic mass is 9.99. The maximum Gasteiger partial charge on any atom is 0.508 e. The minimum absolute atomic E-state index is 0.0359. The molecule has 2 heterocycles. The number of benzene rings is 1. The normalized spacial score (nSPS) is 24.1. The van der Waals surface area contributed by atoms with Crippen LogP contribution in [-0.2, 0) is 20.6 Å². The summed E-state index contributed by atoms with van der Waals surface area (Å²) >= 11 is 0. The van der Waals surface area contributed by atoms with Gasteiger partial charge in [-0.3, -0.25) is 4.68 Å². The Hall–Kier alpha value is -2.86. The van der Waals surface area contributed by atoms with Gasteiger partial charge < -0.3 is 39.0 Å². The van der Waals surface area contributed by atoms with Crippen molar-refractivity contribution in [3.63, 3.8) is 0 Å².